The van der Waals surface area contributed by atoms with E-state index in [2.05, 4.69) is 5.32 Å². The van der Waals surface area contributed by atoms with Gasteiger partial charge in [0.05, 0.1) is 22.7 Å². The van der Waals surface area contributed by atoms with Gasteiger partial charge in [-0.15, -0.1) is 0 Å². The fourth-order valence-corrected chi connectivity index (χ4v) is 5.24. The third kappa shape index (κ3) is 4.51. The van der Waals surface area contributed by atoms with Gasteiger partial charge in [0, 0.05) is 12.2 Å². The van der Waals surface area contributed by atoms with Gasteiger partial charge in [-0.3, -0.25) is 9.10 Å². The maximum atomic E-state index is 13.1. The standard InChI is InChI=1S/C23H21ClN2O5S/c1-30-22-11-6-17(14-20(22)24)25-23(27)15-31-18-7-9-19(10-8-18)32(28,29)26-13-12-16-4-2-3-5-21(16)26/h2-11,14H,12-13,15H2,1H3,(H,25,27). The van der Waals surface area contributed by atoms with Crippen LogP contribution in [0.25, 0.3) is 0 Å². The number of ether oxygens (including phenoxy) is 2. The minimum atomic E-state index is -3.67. The van der Waals surface area contributed by atoms with Crippen molar-refractivity contribution in [3.05, 3.63) is 77.3 Å². The molecule has 0 fully saturated rings. The van der Waals surface area contributed by atoms with Gasteiger partial charge >= 0.3 is 0 Å². The van der Waals surface area contributed by atoms with Crippen molar-refractivity contribution < 1.29 is 22.7 Å². The number of benzene rings is 3. The topological polar surface area (TPSA) is 84.9 Å². The van der Waals surface area contributed by atoms with Crippen molar-refractivity contribution in [2.45, 2.75) is 11.3 Å². The molecule has 0 aliphatic carbocycles. The zero-order valence-electron chi connectivity index (χ0n) is 17.2. The Hall–Kier alpha value is -3.23. The lowest BCUT2D eigenvalue weighted by molar-refractivity contribution is -0.118. The third-order valence-electron chi connectivity index (χ3n) is 5.06. The van der Waals surface area contributed by atoms with Crippen LogP contribution < -0.4 is 19.1 Å². The molecule has 7 nitrogen and oxygen atoms in total. The number of sulfonamides is 1. The second-order valence-corrected chi connectivity index (χ2v) is 9.38. The van der Waals surface area contributed by atoms with Gasteiger partial charge in [-0.1, -0.05) is 29.8 Å². The molecular formula is C23H21ClN2O5S. The van der Waals surface area contributed by atoms with Gasteiger partial charge in [0.2, 0.25) is 0 Å². The van der Waals surface area contributed by atoms with Crippen LogP contribution in [0.1, 0.15) is 5.56 Å². The van der Waals surface area contributed by atoms with Gasteiger partial charge in [0.25, 0.3) is 15.9 Å². The fraction of sp³-hybridized carbons (Fsp3) is 0.174. The number of anilines is 2. The third-order valence-corrected chi connectivity index (χ3v) is 7.18. The van der Waals surface area contributed by atoms with Crippen LogP contribution in [0, 0.1) is 0 Å². The maximum absolute atomic E-state index is 13.1. The second kappa shape index (κ2) is 9.10. The highest BCUT2D eigenvalue weighted by Crippen LogP contribution is 2.33. The van der Waals surface area contributed by atoms with Crippen LogP contribution in [0.5, 0.6) is 11.5 Å². The largest absolute Gasteiger partial charge is 0.495 e. The van der Waals surface area contributed by atoms with Crippen molar-refractivity contribution >= 4 is 38.9 Å². The van der Waals surface area contributed by atoms with Crippen LogP contribution in [0.15, 0.2) is 71.6 Å². The van der Waals surface area contributed by atoms with Gasteiger partial charge in [0.1, 0.15) is 11.5 Å². The molecule has 4 rings (SSSR count). The van der Waals surface area contributed by atoms with Crippen molar-refractivity contribution in [1.82, 2.24) is 0 Å². The number of nitrogens with one attached hydrogen (secondary N) is 1. The SMILES string of the molecule is COc1ccc(NC(=O)COc2ccc(S(=O)(=O)N3CCc4ccccc43)cc2)cc1Cl. The lowest BCUT2D eigenvalue weighted by atomic mass is 10.2. The zero-order chi connectivity index (χ0) is 22.7. The van der Waals surface area contributed by atoms with E-state index < -0.39 is 10.0 Å². The number of rotatable bonds is 7. The molecule has 0 spiro atoms. The lowest BCUT2D eigenvalue weighted by Crippen LogP contribution is -2.29. The highest BCUT2D eigenvalue weighted by atomic mass is 35.5. The molecule has 3 aromatic rings. The van der Waals surface area contributed by atoms with Gasteiger partial charge in [0.15, 0.2) is 6.61 Å². The summed E-state index contributed by atoms with van der Waals surface area (Å²) in [6.45, 7) is 0.171. The molecule has 9 heteroatoms. The van der Waals surface area contributed by atoms with Crippen LogP contribution in [-0.4, -0.2) is 34.6 Å². The van der Waals surface area contributed by atoms with E-state index in [0.29, 0.717) is 40.9 Å². The molecular weight excluding hydrogens is 452 g/mol. The van der Waals surface area contributed by atoms with Gasteiger partial charge in [-0.2, -0.15) is 0 Å². The van der Waals surface area contributed by atoms with Crippen LogP contribution in [0.4, 0.5) is 11.4 Å². The van der Waals surface area contributed by atoms with Gasteiger partial charge in [-0.25, -0.2) is 8.42 Å². The molecule has 0 aromatic heterocycles. The number of carbonyl (C=O) groups excluding carboxylic acids is 1. The quantitative estimate of drug-likeness (QED) is 0.559. The summed E-state index contributed by atoms with van der Waals surface area (Å²) in [5.74, 6) is 0.513. The van der Waals surface area contributed by atoms with Crippen LogP contribution in [0.2, 0.25) is 5.02 Å². The number of amides is 1. The summed E-state index contributed by atoms with van der Waals surface area (Å²) in [5, 5.41) is 3.06. The predicted molar refractivity (Wildman–Crippen MR) is 123 cm³/mol. The first kappa shape index (κ1) is 22.0. The number of carbonyl (C=O) groups is 1. The molecule has 0 atom stereocenters. The molecule has 0 saturated carbocycles. The Bertz CT molecular complexity index is 1250. The molecule has 1 heterocycles. The maximum Gasteiger partial charge on any atom is 0.264 e. The summed E-state index contributed by atoms with van der Waals surface area (Å²) in [4.78, 5) is 12.3. The van der Waals surface area contributed by atoms with E-state index in [4.69, 9.17) is 21.1 Å². The Labute approximate surface area is 191 Å². The van der Waals surface area contributed by atoms with E-state index in [1.807, 2.05) is 24.3 Å². The number of hydrogen-bond acceptors (Lipinski definition) is 5. The minimum Gasteiger partial charge on any atom is -0.495 e. The first-order valence-electron chi connectivity index (χ1n) is 9.85. The number of methoxy groups -OCH3 is 1. The molecule has 1 N–H and O–H groups in total. The van der Waals surface area contributed by atoms with E-state index >= 15 is 0 Å². The average molecular weight is 473 g/mol. The Kier molecular flexibility index (Phi) is 6.25. The van der Waals surface area contributed by atoms with E-state index in [0.717, 1.165) is 5.56 Å². The molecule has 0 bridgehead atoms. The van der Waals surface area contributed by atoms with Crippen molar-refractivity contribution in [2.75, 3.05) is 29.9 Å². The van der Waals surface area contributed by atoms with Crippen LogP contribution >= 0.6 is 11.6 Å². The molecule has 1 aliphatic rings. The van der Waals surface area contributed by atoms with E-state index in [-0.39, 0.29) is 17.4 Å². The van der Waals surface area contributed by atoms with Crippen LogP contribution in [-0.2, 0) is 21.2 Å². The van der Waals surface area contributed by atoms with Crippen molar-refractivity contribution in [2.24, 2.45) is 0 Å². The van der Waals surface area contributed by atoms with Crippen molar-refractivity contribution in [3.63, 3.8) is 0 Å². The first-order valence-corrected chi connectivity index (χ1v) is 11.7. The Morgan fingerprint density at radius 2 is 1.84 bits per heavy atom. The summed E-state index contributed by atoms with van der Waals surface area (Å²) in [6, 6.07) is 18.4. The monoisotopic (exact) mass is 472 g/mol. The summed E-state index contributed by atoms with van der Waals surface area (Å²) >= 11 is 6.05. The minimum absolute atomic E-state index is 0.166. The molecule has 166 valence electrons. The number of halogens is 1. The summed E-state index contributed by atoms with van der Waals surface area (Å²) in [5.41, 5.74) is 2.24. The number of para-hydroxylation sites is 1. The molecule has 0 saturated heterocycles. The highest BCUT2D eigenvalue weighted by Gasteiger charge is 2.30. The normalized spacial score (nSPS) is 12.9. The summed E-state index contributed by atoms with van der Waals surface area (Å²) < 4.78 is 38.1. The smallest absolute Gasteiger partial charge is 0.264 e. The highest BCUT2D eigenvalue weighted by molar-refractivity contribution is 7.92. The van der Waals surface area contributed by atoms with E-state index in [9.17, 15) is 13.2 Å². The number of fused-ring (bicyclic) bond motifs is 1. The van der Waals surface area contributed by atoms with Gasteiger partial charge < -0.3 is 14.8 Å². The first-order chi connectivity index (χ1) is 15.4. The average Bonchev–Trinajstić information content (AvgIpc) is 3.23. The predicted octanol–water partition coefficient (Wildman–Crippen LogP) is 4.12. The lowest BCUT2D eigenvalue weighted by Gasteiger charge is -2.19. The van der Waals surface area contributed by atoms with Crippen molar-refractivity contribution in [1.29, 1.82) is 0 Å². The molecule has 1 aliphatic heterocycles. The van der Waals surface area contributed by atoms with E-state index in [1.165, 1.54) is 35.7 Å². The Morgan fingerprint density at radius 1 is 1.09 bits per heavy atom. The Morgan fingerprint density at radius 3 is 2.56 bits per heavy atom. The molecule has 1 amide bonds. The second-order valence-electron chi connectivity index (χ2n) is 7.11. The van der Waals surface area contributed by atoms with Crippen LogP contribution in [0.3, 0.4) is 0 Å². The molecule has 32 heavy (non-hydrogen) atoms. The molecule has 3 aromatic carbocycles. The summed E-state index contributed by atoms with van der Waals surface area (Å²) in [6.07, 6.45) is 0.686. The molecule has 0 radical (unpaired) electrons. The zero-order valence-corrected chi connectivity index (χ0v) is 18.8. The summed E-state index contributed by atoms with van der Waals surface area (Å²) in [7, 11) is -2.17. The number of nitrogens with zero attached hydrogens (tertiary/aromatic N) is 1. The Balaban J connectivity index is 1.38. The number of hydrogen-bond donors (Lipinski definition) is 1. The van der Waals surface area contributed by atoms with E-state index in [1.54, 1.807) is 18.2 Å². The van der Waals surface area contributed by atoms with Gasteiger partial charge in [-0.05, 0) is 60.5 Å². The van der Waals surface area contributed by atoms with Crippen molar-refractivity contribution in [3.8, 4) is 11.5 Å². The fourth-order valence-electron chi connectivity index (χ4n) is 3.48. The molecule has 0 unspecified atom stereocenters.